The Bertz CT molecular complexity index is 5350. The van der Waals surface area contributed by atoms with E-state index >= 15 is 0 Å². The molecular weight excluding hydrogens is 1520 g/mol. The lowest BCUT2D eigenvalue weighted by Crippen LogP contribution is -2.41. The van der Waals surface area contributed by atoms with Gasteiger partial charge in [-0.1, -0.05) is 26.5 Å². The van der Waals surface area contributed by atoms with Gasteiger partial charge in [0.15, 0.2) is 28.6 Å². The molecule has 12 aromatic rings. The van der Waals surface area contributed by atoms with E-state index in [-0.39, 0.29) is 106 Å². The van der Waals surface area contributed by atoms with Gasteiger partial charge in [0.25, 0.3) is 5.91 Å². The molecule has 0 aliphatic carbocycles. The molecule has 1 saturated heterocycles. The average Bonchev–Trinajstić information content (AvgIpc) is 1.56. The summed E-state index contributed by atoms with van der Waals surface area (Å²) in [5.41, 5.74) is 4.12. The van der Waals surface area contributed by atoms with Crippen LogP contribution in [-0.2, 0) is 29.4 Å². The van der Waals surface area contributed by atoms with Gasteiger partial charge < -0.3 is 41.8 Å². The zero-order valence-corrected chi connectivity index (χ0v) is 60.5. The number of amides is 1. The number of carbonyl (C=O) groups excluding carboxylic acids is 2. The monoisotopic (exact) mass is 1590 g/mol. The van der Waals surface area contributed by atoms with Crippen LogP contribution in [0, 0.1) is 23.3 Å². The van der Waals surface area contributed by atoms with E-state index in [0.717, 1.165) is 25.6 Å². The van der Waals surface area contributed by atoms with Gasteiger partial charge in [-0.3, -0.25) is 18.2 Å². The number of fused-ring (bicyclic) bond motifs is 4. The second-order valence-corrected chi connectivity index (χ2v) is 28.4. The van der Waals surface area contributed by atoms with Gasteiger partial charge in [0.05, 0.1) is 66.0 Å². The molecule has 21 nitrogen and oxygen atoms in total. The minimum atomic E-state index is -3.78. The van der Waals surface area contributed by atoms with E-state index in [1.165, 1.54) is 114 Å². The molecule has 6 aromatic heterocycles. The zero-order valence-electron chi connectivity index (χ0n) is 55.0. The summed E-state index contributed by atoms with van der Waals surface area (Å²) in [7, 11) is -1.11. The fourth-order valence-corrected chi connectivity index (χ4v) is 12.0. The quantitative estimate of drug-likeness (QED) is 0.0433. The molecule has 0 atom stereocenters. The first kappa shape index (κ1) is 75.0. The largest absolute Gasteiger partial charge is 0.497 e. The number of nitrogens with zero attached hydrogens (tertiary/aromatic N) is 6. The summed E-state index contributed by atoms with van der Waals surface area (Å²) in [5.74, 6) is -1.22. The summed E-state index contributed by atoms with van der Waals surface area (Å²) in [4.78, 5) is 43.2. The van der Waals surface area contributed by atoms with Gasteiger partial charge in [-0.2, -0.15) is 0 Å². The van der Waals surface area contributed by atoms with Gasteiger partial charge >= 0.3 is 7.12 Å². The molecule has 30 heteroatoms. The van der Waals surface area contributed by atoms with Crippen LogP contribution in [0.25, 0.3) is 101 Å². The third-order valence-corrected chi connectivity index (χ3v) is 19.5. The van der Waals surface area contributed by atoms with Crippen LogP contribution in [0.4, 0.5) is 28.9 Å². The van der Waals surface area contributed by atoms with Crippen molar-refractivity contribution in [2.75, 3.05) is 56.5 Å². The molecule has 0 bridgehead atoms. The van der Waals surface area contributed by atoms with Crippen LogP contribution in [0.5, 0.6) is 11.8 Å². The van der Waals surface area contributed by atoms with Crippen molar-refractivity contribution in [3.8, 4) is 68.4 Å². The number of aromatic nitrogens is 4. The van der Waals surface area contributed by atoms with Crippen LogP contribution in [-0.4, -0.2) is 115 Å². The maximum absolute atomic E-state index is 14.4. The standard InChI is InChI=1S/C31H24F2N4O6S.C25H29BFNO6S.C13H8BrFN2O2.CH4.HI/c1-34-29(38)26-20-13-19(17-12-21(30(41-3)35-15-17)31-36-27-22(33)6-5-7-24(27)43-31)23(37(2)44(4,39)40)14-25(20)42-28(26)16-8-10-18(32)11-9-16;1-8-20(29)22-17-13-18(26-33-24(2,3)25(4,5)34-26)19(28(6)35(7,30)31)14-21(17)32-23(22)15-9-11-16(27)12-10-15;1-18-12-8(5-7(14)6-16-12)13-17-11-9(15)3-2-4-10(11)19-13;;/h5-15H,1-4H3,(H,34,38);9-14H,8H2,1-7H3;2-6H,1H3;1H4;1H. The highest BCUT2D eigenvalue weighted by Gasteiger charge is 2.53. The van der Waals surface area contributed by atoms with E-state index in [0.29, 0.717) is 78.1 Å². The number of halogens is 6. The van der Waals surface area contributed by atoms with Gasteiger partial charge in [0.2, 0.25) is 43.6 Å². The van der Waals surface area contributed by atoms with Crippen molar-refractivity contribution in [1.82, 2.24) is 25.3 Å². The number of carbonyl (C=O) groups is 2. The first-order valence-corrected chi connectivity index (χ1v) is 34.4. The lowest BCUT2D eigenvalue weighted by molar-refractivity contribution is 0.00578. The number of hydrogen-bond acceptors (Lipinski definition) is 18. The minimum absolute atomic E-state index is 0. The fraction of sp³-hybridized carbons (Fsp3) is 0.229. The van der Waals surface area contributed by atoms with Crippen molar-refractivity contribution >= 4 is 140 Å². The first-order chi connectivity index (χ1) is 46.3. The van der Waals surface area contributed by atoms with E-state index in [1.807, 2.05) is 27.7 Å². The molecular formula is C70H66BBrF4IN7O14S2. The normalized spacial score (nSPS) is 13.2. The molecule has 1 fully saturated rings. The fourth-order valence-electron chi connectivity index (χ4n) is 10.7. The molecule has 1 amide bonds. The smallest absolute Gasteiger partial charge is 0.480 e. The molecule has 7 heterocycles. The number of oxazole rings is 2. The predicted molar refractivity (Wildman–Crippen MR) is 390 cm³/mol. The molecule has 1 aliphatic heterocycles. The molecule has 0 radical (unpaired) electrons. The molecule has 1 aliphatic rings. The number of hydrogen-bond donors (Lipinski definition) is 1. The number of para-hydroxylation sites is 2. The Morgan fingerprint density at radius 1 is 0.590 bits per heavy atom. The van der Waals surface area contributed by atoms with Crippen LogP contribution in [0.1, 0.15) is 69.2 Å². The van der Waals surface area contributed by atoms with Crippen LogP contribution in [0.3, 0.4) is 0 Å². The number of methoxy groups -OCH3 is 2. The van der Waals surface area contributed by atoms with E-state index in [4.69, 9.17) is 36.5 Å². The van der Waals surface area contributed by atoms with Gasteiger partial charge in [-0.25, -0.2) is 54.3 Å². The lowest BCUT2D eigenvalue weighted by Gasteiger charge is -2.32. The molecule has 0 spiro atoms. The van der Waals surface area contributed by atoms with E-state index in [1.54, 1.807) is 61.7 Å². The Hall–Kier alpha value is -9.21. The Balaban J connectivity index is 0.000000186. The number of nitrogens with one attached hydrogen (secondary N) is 1. The molecule has 1 N–H and O–H groups in total. The third kappa shape index (κ3) is 14.7. The average molecular weight is 1590 g/mol. The number of anilines is 2. The molecule has 0 saturated carbocycles. The summed E-state index contributed by atoms with van der Waals surface area (Å²) in [6.07, 6.45) is 5.44. The van der Waals surface area contributed by atoms with E-state index in [2.05, 4.69) is 41.2 Å². The number of rotatable bonds is 15. The van der Waals surface area contributed by atoms with Crippen molar-refractivity contribution < 1.29 is 80.4 Å². The Morgan fingerprint density at radius 3 is 1.50 bits per heavy atom. The topological polar surface area (TPSA) is 262 Å². The molecule has 100 heavy (non-hydrogen) atoms. The van der Waals surface area contributed by atoms with Crippen molar-refractivity contribution in [1.29, 1.82) is 0 Å². The number of sulfonamides is 2. The molecule has 0 unspecified atom stereocenters. The Morgan fingerprint density at radius 2 is 1.04 bits per heavy atom. The minimum Gasteiger partial charge on any atom is -0.480 e. The highest BCUT2D eigenvalue weighted by molar-refractivity contribution is 14.0. The summed E-state index contributed by atoms with van der Waals surface area (Å²) in [6, 6.07) is 29.8. The summed E-state index contributed by atoms with van der Waals surface area (Å²) >= 11 is 3.32. The molecule has 522 valence electrons. The van der Waals surface area contributed by atoms with Crippen molar-refractivity contribution in [2.24, 2.45) is 0 Å². The van der Waals surface area contributed by atoms with Gasteiger partial charge in [-0.15, -0.1) is 24.0 Å². The number of pyridine rings is 2. The summed E-state index contributed by atoms with van der Waals surface area (Å²) < 4.78 is 155. The second kappa shape index (κ2) is 29.2. The zero-order chi connectivity index (χ0) is 70.7. The SMILES string of the molecule is C.CCC(=O)c1c(-c2ccc(F)cc2)oc2cc(N(C)S(C)(=O)=O)c(B3OC(C)(C)C(C)(C)O3)cc12.CNC(=O)c1c(-c2ccc(F)cc2)oc2cc(N(C)S(C)(=O)=O)c(-c3cnc(OC)c(-c4nc5c(F)cccc5o4)c3)cc12.COc1ncc(Br)cc1-c1nc2c(F)cccc2o1.I. The number of Topliss-reactive ketones (excluding diaryl/α,β-unsaturated/α-hetero) is 1. The van der Waals surface area contributed by atoms with Gasteiger partial charge in [0, 0.05) is 95.1 Å². The predicted octanol–water partition coefficient (Wildman–Crippen LogP) is 15.6. The van der Waals surface area contributed by atoms with Crippen LogP contribution in [0.2, 0.25) is 0 Å². The maximum atomic E-state index is 14.4. The third-order valence-electron chi connectivity index (χ3n) is 16.7. The van der Waals surface area contributed by atoms with Crippen LogP contribution < -0.4 is 28.9 Å². The van der Waals surface area contributed by atoms with E-state index < -0.39 is 67.5 Å². The maximum Gasteiger partial charge on any atom is 0.497 e. The highest BCUT2D eigenvalue weighted by atomic mass is 127. The van der Waals surface area contributed by atoms with Gasteiger partial charge in [-0.05, 0) is 141 Å². The highest BCUT2D eigenvalue weighted by Crippen LogP contribution is 2.45. The van der Waals surface area contributed by atoms with Crippen molar-refractivity contribution in [2.45, 2.75) is 59.7 Å². The Labute approximate surface area is 598 Å². The molecule has 13 rings (SSSR count). The van der Waals surface area contributed by atoms with E-state index in [9.17, 15) is 44.0 Å². The van der Waals surface area contributed by atoms with Crippen molar-refractivity contribution in [3.63, 3.8) is 0 Å². The second-order valence-electron chi connectivity index (χ2n) is 23.5. The summed E-state index contributed by atoms with van der Waals surface area (Å²) in [6.45, 7) is 9.37. The van der Waals surface area contributed by atoms with Crippen LogP contribution >= 0.6 is 39.9 Å². The number of benzene rings is 6. The number of ketones is 1. The van der Waals surface area contributed by atoms with Gasteiger partial charge in [0.1, 0.15) is 50.9 Å². The van der Waals surface area contributed by atoms with Crippen molar-refractivity contribution in [3.05, 3.63) is 173 Å². The number of furan rings is 2. The first-order valence-electron chi connectivity index (χ1n) is 29.9. The Kier molecular flexibility index (Phi) is 21.9. The van der Waals surface area contributed by atoms with Crippen LogP contribution in [0.15, 0.2) is 156 Å². The lowest BCUT2D eigenvalue weighted by atomic mass is 9.76. The number of ether oxygens (including phenoxy) is 2. The molecule has 6 aromatic carbocycles. The summed E-state index contributed by atoms with van der Waals surface area (Å²) in [5, 5.41) is 3.48.